The lowest BCUT2D eigenvalue weighted by molar-refractivity contribution is -0.00574. The van der Waals surface area contributed by atoms with Crippen LogP contribution in [0.2, 0.25) is 0 Å². The Hall–Kier alpha value is -1.10. The molecule has 2 aliphatic heterocycles. The SMILES string of the molecule is CN1C2CCC(CC2)C1c1nnc(N)o1. The number of rotatable bonds is 1. The molecule has 1 atom stereocenters. The summed E-state index contributed by atoms with van der Waals surface area (Å²) in [5, 5.41) is 7.77. The molecule has 1 aromatic rings. The molecule has 5 heteroatoms. The van der Waals surface area contributed by atoms with Crippen molar-refractivity contribution in [3.63, 3.8) is 0 Å². The molecule has 1 unspecified atom stereocenters. The van der Waals surface area contributed by atoms with Crippen molar-refractivity contribution in [2.75, 3.05) is 12.8 Å². The summed E-state index contributed by atoms with van der Waals surface area (Å²) >= 11 is 0. The van der Waals surface area contributed by atoms with Crippen LogP contribution in [0.15, 0.2) is 4.42 Å². The number of hydrogen-bond donors (Lipinski definition) is 1. The van der Waals surface area contributed by atoms with Gasteiger partial charge in [-0.05, 0) is 38.6 Å². The van der Waals surface area contributed by atoms with E-state index < -0.39 is 0 Å². The Labute approximate surface area is 88.6 Å². The number of nitrogens with two attached hydrogens (primary N) is 1. The van der Waals surface area contributed by atoms with Crippen LogP contribution in [0.1, 0.15) is 37.6 Å². The fourth-order valence-corrected chi connectivity index (χ4v) is 3.13. The van der Waals surface area contributed by atoms with E-state index in [1.807, 2.05) is 0 Å². The molecule has 0 aromatic carbocycles. The minimum Gasteiger partial charge on any atom is -0.407 e. The van der Waals surface area contributed by atoms with Crippen molar-refractivity contribution in [1.82, 2.24) is 15.1 Å². The van der Waals surface area contributed by atoms with E-state index in [1.165, 1.54) is 25.7 Å². The molecule has 4 rings (SSSR count). The van der Waals surface area contributed by atoms with Crippen molar-refractivity contribution in [3.05, 3.63) is 5.89 Å². The first-order valence-corrected chi connectivity index (χ1v) is 5.56. The van der Waals surface area contributed by atoms with Gasteiger partial charge in [0.05, 0.1) is 6.04 Å². The van der Waals surface area contributed by atoms with Gasteiger partial charge in [-0.15, -0.1) is 5.10 Å². The maximum Gasteiger partial charge on any atom is 0.312 e. The van der Waals surface area contributed by atoms with E-state index in [2.05, 4.69) is 22.1 Å². The van der Waals surface area contributed by atoms with Crippen molar-refractivity contribution in [1.29, 1.82) is 0 Å². The van der Waals surface area contributed by atoms with Crippen molar-refractivity contribution in [2.45, 2.75) is 37.8 Å². The molecule has 1 aromatic heterocycles. The molecular weight excluding hydrogens is 192 g/mol. The van der Waals surface area contributed by atoms with E-state index in [0.29, 0.717) is 23.9 Å². The molecule has 3 fully saturated rings. The second-order valence-electron chi connectivity index (χ2n) is 4.66. The van der Waals surface area contributed by atoms with Crippen LogP contribution in [0, 0.1) is 5.92 Å². The Morgan fingerprint density at radius 3 is 2.53 bits per heavy atom. The molecule has 1 aliphatic carbocycles. The van der Waals surface area contributed by atoms with Crippen molar-refractivity contribution < 1.29 is 4.42 Å². The number of hydrogen-bond acceptors (Lipinski definition) is 5. The fourth-order valence-electron chi connectivity index (χ4n) is 3.13. The first kappa shape index (κ1) is 9.15. The normalized spacial score (nSPS) is 35.9. The summed E-state index contributed by atoms with van der Waals surface area (Å²) in [6, 6.07) is 1.16. The third-order valence-electron chi connectivity index (χ3n) is 3.91. The lowest BCUT2D eigenvalue weighted by Gasteiger charge is -2.48. The molecule has 3 aliphatic rings. The lowest BCUT2D eigenvalue weighted by Crippen LogP contribution is -2.48. The molecule has 0 amide bonds. The largest absolute Gasteiger partial charge is 0.407 e. The Morgan fingerprint density at radius 2 is 2.00 bits per heavy atom. The van der Waals surface area contributed by atoms with Crippen LogP contribution in [0.5, 0.6) is 0 Å². The Balaban J connectivity index is 1.92. The highest BCUT2D eigenvalue weighted by atomic mass is 16.4. The van der Waals surface area contributed by atoms with Crippen LogP contribution in [0.25, 0.3) is 0 Å². The van der Waals surface area contributed by atoms with Crippen LogP contribution in [-0.2, 0) is 0 Å². The number of nitrogens with zero attached hydrogens (tertiary/aromatic N) is 3. The van der Waals surface area contributed by atoms with Gasteiger partial charge in [0.25, 0.3) is 0 Å². The standard InChI is InChI=1S/C10H16N4O/c1-14-7-4-2-6(3-5-7)8(14)9-12-13-10(11)15-9/h6-8H,2-5H2,1H3,(H2,11,13). The van der Waals surface area contributed by atoms with Crippen LogP contribution >= 0.6 is 0 Å². The molecule has 3 heterocycles. The highest BCUT2D eigenvalue weighted by Crippen LogP contribution is 2.45. The molecule has 82 valence electrons. The number of anilines is 1. The van der Waals surface area contributed by atoms with E-state index in [-0.39, 0.29) is 6.01 Å². The zero-order valence-corrected chi connectivity index (χ0v) is 8.89. The van der Waals surface area contributed by atoms with Crippen LogP contribution in [-0.4, -0.2) is 28.2 Å². The first-order chi connectivity index (χ1) is 7.25. The highest BCUT2D eigenvalue weighted by Gasteiger charge is 2.42. The van der Waals surface area contributed by atoms with Gasteiger partial charge in [0.2, 0.25) is 5.89 Å². The molecule has 1 saturated carbocycles. The third kappa shape index (κ3) is 1.33. The monoisotopic (exact) mass is 208 g/mol. The minimum absolute atomic E-state index is 0.180. The van der Waals surface area contributed by atoms with Gasteiger partial charge < -0.3 is 10.2 Å². The summed E-state index contributed by atoms with van der Waals surface area (Å²) in [7, 11) is 2.15. The molecule has 2 N–H and O–H groups in total. The van der Waals surface area contributed by atoms with Crippen LogP contribution < -0.4 is 5.73 Å². The summed E-state index contributed by atoms with van der Waals surface area (Å²) in [6.45, 7) is 0. The molecule has 0 spiro atoms. The average molecular weight is 208 g/mol. The Morgan fingerprint density at radius 1 is 1.27 bits per heavy atom. The first-order valence-electron chi connectivity index (χ1n) is 5.56. The van der Waals surface area contributed by atoms with Crippen molar-refractivity contribution in [3.8, 4) is 0 Å². The van der Waals surface area contributed by atoms with E-state index >= 15 is 0 Å². The topological polar surface area (TPSA) is 68.2 Å². The van der Waals surface area contributed by atoms with Gasteiger partial charge in [-0.3, -0.25) is 4.90 Å². The van der Waals surface area contributed by atoms with Crippen molar-refractivity contribution >= 4 is 6.01 Å². The zero-order chi connectivity index (χ0) is 10.4. The summed E-state index contributed by atoms with van der Waals surface area (Å²) in [5.41, 5.74) is 5.47. The highest BCUT2D eigenvalue weighted by molar-refractivity contribution is 5.09. The summed E-state index contributed by atoms with van der Waals surface area (Å²) in [5.74, 6) is 1.37. The van der Waals surface area contributed by atoms with E-state index in [0.717, 1.165) is 0 Å². The van der Waals surface area contributed by atoms with Gasteiger partial charge in [-0.1, -0.05) is 5.10 Å². The smallest absolute Gasteiger partial charge is 0.312 e. The van der Waals surface area contributed by atoms with E-state index in [9.17, 15) is 0 Å². The van der Waals surface area contributed by atoms with Crippen LogP contribution in [0.3, 0.4) is 0 Å². The number of piperidine rings is 2. The van der Waals surface area contributed by atoms with E-state index in [1.54, 1.807) is 0 Å². The molecule has 2 saturated heterocycles. The van der Waals surface area contributed by atoms with Gasteiger partial charge in [-0.2, -0.15) is 0 Å². The average Bonchev–Trinajstić information content (AvgIpc) is 2.66. The van der Waals surface area contributed by atoms with Gasteiger partial charge in [-0.25, -0.2) is 0 Å². The third-order valence-corrected chi connectivity index (χ3v) is 3.91. The second kappa shape index (κ2) is 3.20. The van der Waals surface area contributed by atoms with Gasteiger partial charge in [0.15, 0.2) is 0 Å². The zero-order valence-electron chi connectivity index (χ0n) is 8.89. The summed E-state index contributed by atoms with van der Waals surface area (Å²) in [4.78, 5) is 2.38. The van der Waals surface area contributed by atoms with Gasteiger partial charge in [0.1, 0.15) is 0 Å². The Kier molecular flexibility index (Phi) is 1.95. The second-order valence-corrected chi connectivity index (χ2v) is 4.66. The van der Waals surface area contributed by atoms with Crippen LogP contribution in [0.4, 0.5) is 6.01 Å². The quantitative estimate of drug-likeness (QED) is 0.751. The fraction of sp³-hybridized carbons (Fsp3) is 0.800. The van der Waals surface area contributed by atoms with Gasteiger partial charge >= 0.3 is 6.01 Å². The number of nitrogen functional groups attached to an aromatic ring is 1. The molecule has 15 heavy (non-hydrogen) atoms. The predicted molar refractivity (Wildman–Crippen MR) is 55.0 cm³/mol. The lowest BCUT2D eigenvalue weighted by atomic mass is 9.75. The van der Waals surface area contributed by atoms with Gasteiger partial charge in [0, 0.05) is 6.04 Å². The minimum atomic E-state index is 0.180. The maximum atomic E-state index is 5.47. The maximum absolute atomic E-state index is 5.47. The van der Waals surface area contributed by atoms with E-state index in [4.69, 9.17) is 10.2 Å². The summed E-state index contributed by atoms with van der Waals surface area (Å²) < 4.78 is 5.36. The number of fused-ring (bicyclic) bond motifs is 3. The molecule has 0 radical (unpaired) electrons. The number of aromatic nitrogens is 2. The molecular formula is C10H16N4O. The molecule has 5 nitrogen and oxygen atoms in total. The summed E-state index contributed by atoms with van der Waals surface area (Å²) in [6.07, 6.45) is 5.17. The van der Waals surface area contributed by atoms with Crippen molar-refractivity contribution in [2.24, 2.45) is 5.92 Å². The Bertz CT molecular complexity index is 354. The predicted octanol–water partition coefficient (Wildman–Crippen LogP) is 1.20. The molecule has 2 bridgehead atoms.